The fourth-order valence-electron chi connectivity index (χ4n) is 1.64. The smallest absolute Gasteiger partial charge is 0.145 e. The molecule has 0 aliphatic carbocycles. The molecule has 0 aliphatic rings. The third-order valence-electron chi connectivity index (χ3n) is 2.57. The van der Waals surface area contributed by atoms with Gasteiger partial charge in [0.25, 0.3) is 0 Å². The maximum atomic E-state index is 13.6. The van der Waals surface area contributed by atoms with Gasteiger partial charge in [-0.05, 0) is 40.4 Å². The highest BCUT2D eigenvalue weighted by Crippen LogP contribution is 2.22. The highest BCUT2D eigenvalue weighted by Gasteiger charge is 2.12. The van der Waals surface area contributed by atoms with Crippen LogP contribution in [-0.4, -0.2) is 6.61 Å². The largest absolute Gasteiger partial charge is 0.376 e. The van der Waals surface area contributed by atoms with Crippen molar-refractivity contribution in [2.75, 3.05) is 6.61 Å². The number of halogens is 3. The average molecular weight is 307 g/mol. The summed E-state index contributed by atoms with van der Waals surface area (Å²) in [5, 5.41) is 0. The highest BCUT2D eigenvalue weighted by molar-refractivity contribution is 9.10. The molecule has 0 radical (unpaired) electrons. The molecule has 0 saturated carbocycles. The molecule has 0 bridgehead atoms. The first-order chi connectivity index (χ1) is 8.06. The minimum atomic E-state index is -0.576. The molecule has 1 rings (SSSR count). The van der Waals surface area contributed by atoms with Crippen molar-refractivity contribution in [3.05, 3.63) is 33.8 Å². The van der Waals surface area contributed by atoms with Crippen LogP contribution in [0.25, 0.3) is 0 Å². The third kappa shape index (κ3) is 4.36. The lowest BCUT2D eigenvalue weighted by Gasteiger charge is -2.12. The van der Waals surface area contributed by atoms with Crippen molar-refractivity contribution in [2.45, 2.75) is 33.3 Å². The lowest BCUT2D eigenvalue weighted by Crippen LogP contribution is -2.07. The summed E-state index contributed by atoms with van der Waals surface area (Å²) in [5.41, 5.74) is -0.0110. The molecule has 4 heteroatoms. The highest BCUT2D eigenvalue weighted by atomic mass is 79.9. The maximum absolute atomic E-state index is 13.6. The fourth-order valence-corrected chi connectivity index (χ4v) is 2.01. The van der Waals surface area contributed by atoms with Crippen molar-refractivity contribution < 1.29 is 13.5 Å². The summed E-state index contributed by atoms with van der Waals surface area (Å²) < 4.78 is 32.5. The first-order valence-corrected chi connectivity index (χ1v) is 6.55. The van der Waals surface area contributed by atoms with Gasteiger partial charge < -0.3 is 4.74 Å². The Balaban J connectivity index is 2.55. The normalized spacial score (nSPS) is 12.8. The molecule has 17 heavy (non-hydrogen) atoms. The lowest BCUT2D eigenvalue weighted by atomic mass is 10.1. The zero-order valence-electron chi connectivity index (χ0n) is 10.1. The van der Waals surface area contributed by atoms with Crippen molar-refractivity contribution in [1.29, 1.82) is 0 Å². The van der Waals surface area contributed by atoms with Crippen LogP contribution >= 0.6 is 15.9 Å². The van der Waals surface area contributed by atoms with Gasteiger partial charge in [-0.15, -0.1) is 0 Å². The molecule has 1 unspecified atom stereocenters. The number of rotatable bonds is 6. The van der Waals surface area contributed by atoms with Crippen molar-refractivity contribution in [2.24, 2.45) is 5.92 Å². The van der Waals surface area contributed by atoms with Crippen LogP contribution in [0.2, 0.25) is 0 Å². The van der Waals surface area contributed by atoms with Gasteiger partial charge >= 0.3 is 0 Å². The second-order valence-corrected chi connectivity index (χ2v) is 5.09. The Labute approximate surface area is 109 Å². The Hall–Kier alpha value is -0.480. The van der Waals surface area contributed by atoms with E-state index in [4.69, 9.17) is 4.74 Å². The molecule has 96 valence electrons. The third-order valence-corrected chi connectivity index (χ3v) is 3.18. The summed E-state index contributed by atoms with van der Waals surface area (Å²) in [7, 11) is 0. The van der Waals surface area contributed by atoms with Gasteiger partial charge in [-0.3, -0.25) is 0 Å². The SMILES string of the molecule is CCCC(C)COCc1c(F)ccc(Br)c1F. The predicted octanol–water partition coefficient (Wildman–Crippen LogP) is 4.68. The van der Waals surface area contributed by atoms with Crippen LogP contribution in [0.1, 0.15) is 32.3 Å². The molecule has 0 heterocycles. The molecule has 0 saturated heterocycles. The van der Waals surface area contributed by atoms with Crippen LogP contribution in [-0.2, 0) is 11.3 Å². The molecule has 0 aliphatic heterocycles. The molecule has 1 nitrogen and oxygen atoms in total. The first-order valence-electron chi connectivity index (χ1n) is 5.76. The van der Waals surface area contributed by atoms with Gasteiger partial charge in [-0.2, -0.15) is 0 Å². The zero-order valence-corrected chi connectivity index (χ0v) is 11.7. The van der Waals surface area contributed by atoms with E-state index in [9.17, 15) is 8.78 Å². The van der Waals surface area contributed by atoms with Gasteiger partial charge in [0.1, 0.15) is 11.6 Å². The first kappa shape index (κ1) is 14.6. The van der Waals surface area contributed by atoms with Crippen molar-refractivity contribution in [3.8, 4) is 0 Å². The number of benzene rings is 1. The molecule has 0 fully saturated rings. The van der Waals surface area contributed by atoms with Gasteiger partial charge in [0.05, 0.1) is 16.6 Å². The molecular weight excluding hydrogens is 290 g/mol. The Morgan fingerprint density at radius 1 is 1.35 bits per heavy atom. The second-order valence-electron chi connectivity index (χ2n) is 4.23. The summed E-state index contributed by atoms with van der Waals surface area (Å²) in [6.07, 6.45) is 2.15. The minimum absolute atomic E-state index is 0.0110. The summed E-state index contributed by atoms with van der Waals surface area (Å²) in [4.78, 5) is 0. The Bertz CT molecular complexity index is 369. The van der Waals surface area contributed by atoms with Crippen molar-refractivity contribution in [3.63, 3.8) is 0 Å². The molecule has 1 aromatic carbocycles. The van der Waals surface area contributed by atoms with Gasteiger partial charge in [0.15, 0.2) is 0 Å². The molecular formula is C13H17BrF2O. The van der Waals surface area contributed by atoms with Crippen LogP contribution in [0, 0.1) is 17.6 Å². The molecule has 0 aromatic heterocycles. The summed E-state index contributed by atoms with van der Waals surface area (Å²) in [5.74, 6) is -0.722. The fraction of sp³-hybridized carbons (Fsp3) is 0.538. The van der Waals surface area contributed by atoms with Crippen LogP contribution in [0.3, 0.4) is 0 Å². The van der Waals surface area contributed by atoms with Crippen molar-refractivity contribution in [1.82, 2.24) is 0 Å². The standard InChI is InChI=1S/C13H17BrF2O/c1-3-4-9(2)7-17-8-10-12(15)6-5-11(14)13(10)16/h5-6,9H,3-4,7-8H2,1-2H3. The van der Waals surface area contributed by atoms with Crippen LogP contribution in [0.15, 0.2) is 16.6 Å². The van der Waals surface area contributed by atoms with E-state index in [0.717, 1.165) is 12.8 Å². The van der Waals surface area contributed by atoms with Crippen LogP contribution < -0.4 is 0 Å². The second kappa shape index (κ2) is 7.07. The quantitative estimate of drug-likeness (QED) is 0.693. The van der Waals surface area contributed by atoms with E-state index < -0.39 is 11.6 Å². The van der Waals surface area contributed by atoms with E-state index in [2.05, 4.69) is 29.8 Å². The zero-order chi connectivity index (χ0) is 12.8. The average Bonchev–Trinajstić information content (AvgIpc) is 2.29. The van der Waals surface area contributed by atoms with E-state index in [1.807, 2.05) is 0 Å². The van der Waals surface area contributed by atoms with E-state index in [-0.39, 0.29) is 16.6 Å². The molecule has 0 N–H and O–H groups in total. The lowest BCUT2D eigenvalue weighted by molar-refractivity contribution is 0.0853. The summed E-state index contributed by atoms with van der Waals surface area (Å²) in [6.45, 7) is 4.67. The van der Waals surface area contributed by atoms with E-state index >= 15 is 0 Å². The summed E-state index contributed by atoms with van der Waals surface area (Å²) in [6, 6.07) is 2.59. The van der Waals surface area contributed by atoms with Crippen molar-refractivity contribution >= 4 is 15.9 Å². The molecule has 1 atom stereocenters. The topological polar surface area (TPSA) is 9.23 Å². The molecule has 0 amide bonds. The number of hydrogen-bond donors (Lipinski definition) is 0. The Morgan fingerprint density at radius 3 is 2.71 bits per heavy atom. The maximum Gasteiger partial charge on any atom is 0.145 e. The van der Waals surface area contributed by atoms with Crippen LogP contribution in [0.4, 0.5) is 8.78 Å². The Kier molecular flexibility index (Phi) is 6.06. The Morgan fingerprint density at radius 2 is 2.06 bits per heavy atom. The minimum Gasteiger partial charge on any atom is -0.376 e. The number of hydrogen-bond acceptors (Lipinski definition) is 1. The van der Waals surface area contributed by atoms with E-state index in [1.54, 1.807) is 0 Å². The van der Waals surface area contributed by atoms with Gasteiger partial charge in [0.2, 0.25) is 0 Å². The van der Waals surface area contributed by atoms with Gasteiger partial charge in [0, 0.05) is 6.61 Å². The molecule has 1 aromatic rings. The van der Waals surface area contributed by atoms with E-state index in [1.165, 1.54) is 12.1 Å². The van der Waals surface area contributed by atoms with Crippen LogP contribution in [0.5, 0.6) is 0 Å². The summed E-state index contributed by atoms with van der Waals surface area (Å²) >= 11 is 3.03. The number of ether oxygens (including phenoxy) is 1. The van der Waals surface area contributed by atoms with Gasteiger partial charge in [-0.25, -0.2) is 8.78 Å². The van der Waals surface area contributed by atoms with Gasteiger partial charge in [-0.1, -0.05) is 20.3 Å². The predicted molar refractivity (Wildman–Crippen MR) is 67.8 cm³/mol. The van der Waals surface area contributed by atoms with E-state index in [0.29, 0.717) is 12.5 Å². The molecule has 0 spiro atoms. The monoisotopic (exact) mass is 306 g/mol.